The minimum Gasteiger partial charge on any atom is -0.496 e. The van der Waals surface area contributed by atoms with Gasteiger partial charge in [-0.3, -0.25) is 0 Å². The maximum atomic E-state index is 10.7. The number of benzene rings is 1. The van der Waals surface area contributed by atoms with Crippen LogP contribution < -0.4 is 10.5 Å². The fourth-order valence-corrected chi connectivity index (χ4v) is 1.95. The van der Waals surface area contributed by atoms with Gasteiger partial charge in [0, 0.05) is 12.1 Å². The average Bonchev–Trinajstić information content (AvgIpc) is 2.30. The molecule has 0 aliphatic rings. The molecule has 0 aromatic heterocycles. The Balaban J connectivity index is 3.42. The molecule has 3 N–H and O–H groups in total. The molecular formula is C14H23NO2. The highest BCUT2D eigenvalue weighted by Gasteiger charge is 2.34. The van der Waals surface area contributed by atoms with Crippen LogP contribution in [0.15, 0.2) is 12.1 Å². The van der Waals surface area contributed by atoms with Crippen LogP contribution in [0.1, 0.15) is 30.5 Å². The van der Waals surface area contributed by atoms with E-state index in [4.69, 9.17) is 10.5 Å². The molecule has 0 heterocycles. The second-order valence-corrected chi connectivity index (χ2v) is 4.92. The maximum absolute atomic E-state index is 10.7. The first kappa shape index (κ1) is 14.0. The van der Waals surface area contributed by atoms with Gasteiger partial charge in [-0.15, -0.1) is 0 Å². The van der Waals surface area contributed by atoms with E-state index in [0.29, 0.717) is 5.75 Å². The molecule has 0 fully saturated rings. The average molecular weight is 237 g/mol. The zero-order chi connectivity index (χ0) is 13.2. The van der Waals surface area contributed by atoms with Gasteiger partial charge >= 0.3 is 0 Å². The summed E-state index contributed by atoms with van der Waals surface area (Å²) >= 11 is 0. The van der Waals surface area contributed by atoms with Gasteiger partial charge < -0.3 is 15.6 Å². The third-order valence-corrected chi connectivity index (χ3v) is 3.55. The lowest BCUT2D eigenvalue weighted by molar-refractivity contribution is -0.00319. The summed E-state index contributed by atoms with van der Waals surface area (Å²) in [5.74, 6) is 0.734. The van der Waals surface area contributed by atoms with E-state index in [9.17, 15) is 5.11 Å². The van der Waals surface area contributed by atoms with E-state index in [1.165, 1.54) is 0 Å². The highest BCUT2D eigenvalue weighted by molar-refractivity contribution is 5.45. The number of rotatable bonds is 4. The second kappa shape index (κ2) is 5.07. The number of nitrogens with two attached hydrogens (primary N) is 1. The van der Waals surface area contributed by atoms with E-state index in [0.717, 1.165) is 16.7 Å². The molecule has 0 aliphatic carbocycles. The van der Waals surface area contributed by atoms with Crippen LogP contribution in [0.4, 0.5) is 0 Å². The normalized spacial score (nSPS) is 14.8. The van der Waals surface area contributed by atoms with Crippen LogP contribution in [-0.2, 0) is 5.60 Å². The molecule has 1 unspecified atom stereocenters. The van der Waals surface area contributed by atoms with E-state index in [-0.39, 0.29) is 12.5 Å². The van der Waals surface area contributed by atoms with Gasteiger partial charge in [0.15, 0.2) is 0 Å². The lowest BCUT2D eigenvalue weighted by Crippen LogP contribution is -2.40. The molecular weight excluding hydrogens is 214 g/mol. The van der Waals surface area contributed by atoms with Crippen molar-refractivity contribution in [2.45, 2.75) is 33.3 Å². The van der Waals surface area contributed by atoms with Gasteiger partial charge in [0.05, 0.1) is 7.11 Å². The number of aliphatic hydroxyl groups is 1. The largest absolute Gasteiger partial charge is 0.496 e. The SMILES string of the molecule is COc1cc(C)c(C)cc1C(O)(CN)C(C)C. The molecule has 1 aromatic rings. The number of aryl methyl sites for hydroxylation is 2. The molecule has 0 radical (unpaired) electrons. The Labute approximate surface area is 104 Å². The summed E-state index contributed by atoms with van der Waals surface area (Å²) in [5.41, 5.74) is 7.77. The van der Waals surface area contributed by atoms with Crippen LogP contribution >= 0.6 is 0 Å². The van der Waals surface area contributed by atoms with Crippen LogP contribution in [0.2, 0.25) is 0 Å². The van der Waals surface area contributed by atoms with Gasteiger partial charge in [0.25, 0.3) is 0 Å². The van der Waals surface area contributed by atoms with Gasteiger partial charge in [-0.05, 0) is 43.0 Å². The van der Waals surface area contributed by atoms with Crippen molar-refractivity contribution in [2.75, 3.05) is 13.7 Å². The van der Waals surface area contributed by atoms with Crippen LogP contribution in [0.3, 0.4) is 0 Å². The smallest absolute Gasteiger partial charge is 0.125 e. The highest BCUT2D eigenvalue weighted by atomic mass is 16.5. The summed E-state index contributed by atoms with van der Waals surface area (Å²) in [6, 6.07) is 3.93. The molecule has 1 rings (SSSR count). The van der Waals surface area contributed by atoms with E-state index >= 15 is 0 Å². The maximum Gasteiger partial charge on any atom is 0.125 e. The summed E-state index contributed by atoms with van der Waals surface area (Å²) in [7, 11) is 1.62. The minimum atomic E-state index is -1.04. The van der Waals surface area contributed by atoms with Gasteiger partial charge in [-0.25, -0.2) is 0 Å². The molecule has 1 aromatic carbocycles. The van der Waals surface area contributed by atoms with E-state index in [2.05, 4.69) is 0 Å². The minimum absolute atomic E-state index is 0.0310. The summed E-state index contributed by atoms with van der Waals surface area (Å²) < 4.78 is 5.36. The third kappa shape index (κ3) is 2.45. The fraction of sp³-hybridized carbons (Fsp3) is 0.571. The number of hydrogen-bond acceptors (Lipinski definition) is 3. The van der Waals surface area contributed by atoms with Crippen LogP contribution in [0, 0.1) is 19.8 Å². The van der Waals surface area contributed by atoms with Crippen molar-refractivity contribution in [3.05, 3.63) is 28.8 Å². The Hall–Kier alpha value is -1.06. The van der Waals surface area contributed by atoms with E-state index < -0.39 is 5.60 Å². The molecule has 3 nitrogen and oxygen atoms in total. The van der Waals surface area contributed by atoms with Gasteiger partial charge in [0.1, 0.15) is 11.4 Å². The zero-order valence-electron chi connectivity index (χ0n) is 11.4. The second-order valence-electron chi connectivity index (χ2n) is 4.92. The van der Waals surface area contributed by atoms with Gasteiger partial charge in [-0.2, -0.15) is 0 Å². The highest BCUT2D eigenvalue weighted by Crippen LogP contribution is 2.36. The van der Waals surface area contributed by atoms with Gasteiger partial charge in [0.2, 0.25) is 0 Å². The predicted octanol–water partition coefficient (Wildman–Crippen LogP) is 2.11. The molecule has 0 bridgehead atoms. The van der Waals surface area contributed by atoms with Crippen molar-refractivity contribution >= 4 is 0 Å². The van der Waals surface area contributed by atoms with Crippen LogP contribution in [-0.4, -0.2) is 18.8 Å². The first-order chi connectivity index (χ1) is 7.86. The van der Waals surface area contributed by atoms with Crippen molar-refractivity contribution < 1.29 is 9.84 Å². The van der Waals surface area contributed by atoms with E-state index in [1.807, 2.05) is 39.8 Å². The lowest BCUT2D eigenvalue weighted by Gasteiger charge is -2.33. The molecule has 0 spiro atoms. The lowest BCUT2D eigenvalue weighted by atomic mass is 9.81. The molecule has 17 heavy (non-hydrogen) atoms. The third-order valence-electron chi connectivity index (χ3n) is 3.55. The molecule has 0 aliphatic heterocycles. The first-order valence-corrected chi connectivity index (χ1v) is 5.95. The van der Waals surface area contributed by atoms with Crippen molar-refractivity contribution in [2.24, 2.45) is 11.7 Å². The fourth-order valence-electron chi connectivity index (χ4n) is 1.95. The van der Waals surface area contributed by atoms with Crippen molar-refractivity contribution in [3.8, 4) is 5.75 Å². The Morgan fingerprint density at radius 2 is 1.82 bits per heavy atom. The summed E-state index contributed by atoms with van der Waals surface area (Å²) in [4.78, 5) is 0. The molecule has 96 valence electrons. The molecule has 0 saturated carbocycles. The standard InChI is InChI=1S/C14H23NO2/c1-9(2)14(16,8-15)12-6-10(3)11(4)7-13(12)17-5/h6-7,9,16H,8,15H2,1-5H3. The molecule has 0 saturated heterocycles. The van der Waals surface area contributed by atoms with Gasteiger partial charge in [-0.1, -0.05) is 13.8 Å². The summed E-state index contributed by atoms with van der Waals surface area (Å²) in [5, 5.41) is 10.7. The Kier molecular flexibility index (Phi) is 4.17. The zero-order valence-corrected chi connectivity index (χ0v) is 11.4. The number of methoxy groups -OCH3 is 1. The van der Waals surface area contributed by atoms with Crippen LogP contribution in [0.5, 0.6) is 5.75 Å². The van der Waals surface area contributed by atoms with Crippen molar-refractivity contribution in [3.63, 3.8) is 0 Å². The van der Waals surface area contributed by atoms with Crippen LogP contribution in [0.25, 0.3) is 0 Å². The Morgan fingerprint density at radius 3 is 2.24 bits per heavy atom. The van der Waals surface area contributed by atoms with Crippen molar-refractivity contribution in [1.29, 1.82) is 0 Å². The van der Waals surface area contributed by atoms with E-state index in [1.54, 1.807) is 7.11 Å². The first-order valence-electron chi connectivity index (χ1n) is 5.95. The topological polar surface area (TPSA) is 55.5 Å². The molecule has 0 amide bonds. The summed E-state index contributed by atoms with van der Waals surface area (Å²) in [6.07, 6.45) is 0. The Morgan fingerprint density at radius 1 is 1.29 bits per heavy atom. The predicted molar refractivity (Wildman–Crippen MR) is 70.3 cm³/mol. The number of ether oxygens (including phenoxy) is 1. The Bertz CT molecular complexity index is 401. The molecule has 1 atom stereocenters. The quantitative estimate of drug-likeness (QED) is 0.843. The monoisotopic (exact) mass is 237 g/mol. The summed E-state index contributed by atoms with van der Waals surface area (Å²) in [6.45, 7) is 8.15. The molecule has 3 heteroatoms. The number of hydrogen-bond donors (Lipinski definition) is 2. The van der Waals surface area contributed by atoms with Crippen molar-refractivity contribution in [1.82, 2.24) is 0 Å².